The number of hydrogen-bond donors (Lipinski definition) is 2. The Kier molecular flexibility index (Phi) is 7.54. The van der Waals surface area contributed by atoms with Gasteiger partial charge < -0.3 is 20.2 Å². The molecule has 12 heteroatoms. The molecule has 0 saturated carbocycles. The van der Waals surface area contributed by atoms with Gasteiger partial charge in [-0.2, -0.15) is 4.99 Å². The number of β-amino-alcohol motifs (C(OH)–C–C–N with tert-alkyl or cyclic N) is 1. The highest BCUT2D eigenvalue weighted by molar-refractivity contribution is 7.13. The number of carbonyl (C=O) groups is 3. The molecule has 0 bridgehead atoms. The molecular formula is C31H35B2N5O4S. The van der Waals surface area contributed by atoms with Gasteiger partial charge in [-0.3, -0.25) is 14.4 Å². The van der Waals surface area contributed by atoms with Crippen molar-refractivity contribution in [2.24, 2.45) is 10.9 Å². The average molecular weight is 595 g/mol. The van der Waals surface area contributed by atoms with Gasteiger partial charge in [-0.25, -0.2) is 4.98 Å². The Balaban J connectivity index is 1.24. The Labute approximate surface area is 257 Å². The molecule has 6 rings (SSSR count). The molecule has 0 radical (unpaired) electrons. The topological polar surface area (TPSA) is 115 Å². The van der Waals surface area contributed by atoms with Crippen LogP contribution >= 0.6 is 11.3 Å². The van der Waals surface area contributed by atoms with Crippen LogP contribution < -0.4 is 10.8 Å². The molecule has 43 heavy (non-hydrogen) atoms. The smallest absolute Gasteiger partial charge is 0.277 e. The summed E-state index contributed by atoms with van der Waals surface area (Å²) in [5, 5.41) is 14.1. The number of aliphatic hydroxyl groups is 1. The zero-order valence-corrected chi connectivity index (χ0v) is 25.9. The summed E-state index contributed by atoms with van der Waals surface area (Å²) >= 11 is 1.57. The van der Waals surface area contributed by atoms with Gasteiger partial charge in [0.2, 0.25) is 5.91 Å². The van der Waals surface area contributed by atoms with E-state index in [0.29, 0.717) is 17.9 Å². The maximum Gasteiger partial charge on any atom is 0.277 e. The summed E-state index contributed by atoms with van der Waals surface area (Å²) in [6.07, 6.45) is -0.517. The Bertz CT molecular complexity index is 1640. The van der Waals surface area contributed by atoms with Crippen LogP contribution in [0.1, 0.15) is 54.4 Å². The van der Waals surface area contributed by atoms with Crippen molar-refractivity contribution in [3.63, 3.8) is 0 Å². The van der Waals surface area contributed by atoms with Crippen LogP contribution in [-0.2, 0) is 21.7 Å². The van der Waals surface area contributed by atoms with Gasteiger partial charge in [0.1, 0.15) is 24.6 Å². The number of rotatable bonds is 7. The SMILES string of the molecule is BBc1cccc2c1CN(C(C(=O)N1CC(O)CC1C1=NC(=O)C(C)(c3ccc(-c4scnc4C)cc3)N1)C(C)C)C2=O. The zero-order chi connectivity index (χ0) is 30.6. The molecule has 4 atom stereocenters. The zero-order valence-electron chi connectivity index (χ0n) is 25.1. The van der Waals surface area contributed by atoms with Crippen LogP contribution in [0.3, 0.4) is 0 Å². The van der Waals surface area contributed by atoms with Gasteiger partial charge in [0, 0.05) is 25.1 Å². The van der Waals surface area contributed by atoms with Crippen molar-refractivity contribution in [2.75, 3.05) is 6.54 Å². The van der Waals surface area contributed by atoms with Crippen molar-refractivity contribution in [1.82, 2.24) is 20.1 Å². The summed E-state index contributed by atoms with van der Waals surface area (Å²) in [6.45, 7) is 8.11. The second kappa shape index (κ2) is 11.1. The van der Waals surface area contributed by atoms with Gasteiger partial charge in [0.05, 0.1) is 36.0 Å². The van der Waals surface area contributed by atoms with Crippen LogP contribution in [0, 0.1) is 12.8 Å². The number of carbonyl (C=O) groups excluding carboxylic acids is 3. The lowest BCUT2D eigenvalue weighted by molar-refractivity contribution is -0.138. The first-order chi connectivity index (χ1) is 20.5. The van der Waals surface area contributed by atoms with Crippen LogP contribution in [0.2, 0.25) is 0 Å². The molecule has 0 aliphatic carbocycles. The first-order valence-corrected chi connectivity index (χ1v) is 15.7. The maximum absolute atomic E-state index is 14.3. The molecule has 3 aromatic rings. The monoisotopic (exact) mass is 595 g/mol. The lowest BCUT2D eigenvalue weighted by Gasteiger charge is -2.36. The second-order valence-electron chi connectivity index (χ2n) is 12.2. The van der Waals surface area contributed by atoms with Gasteiger partial charge in [0.15, 0.2) is 0 Å². The minimum Gasteiger partial charge on any atom is -0.391 e. The number of aliphatic imine (C=N–C) groups is 1. The highest BCUT2D eigenvalue weighted by Gasteiger charge is 2.49. The molecule has 2 aromatic carbocycles. The molecule has 1 aromatic heterocycles. The van der Waals surface area contributed by atoms with Crippen molar-refractivity contribution in [3.8, 4) is 10.4 Å². The van der Waals surface area contributed by atoms with Crippen molar-refractivity contribution in [2.45, 2.75) is 64.4 Å². The van der Waals surface area contributed by atoms with E-state index in [-0.39, 0.29) is 36.6 Å². The van der Waals surface area contributed by atoms with Crippen LogP contribution in [0.25, 0.3) is 10.4 Å². The molecule has 3 aliphatic rings. The first-order valence-electron chi connectivity index (χ1n) is 14.9. The summed E-state index contributed by atoms with van der Waals surface area (Å²) in [7, 11) is 2.86. The summed E-state index contributed by atoms with van der Waals surface area (Å²) in [5.74, 6) is -0.544. The fraction of sp³-hybridized carbons (Fsp3) is 0.387. The number of aromatic nitrogens is 1. The fourth-order valence-corrected chi connectivity index (χ4v) is 7.50. The summed E-state index contributed by atoms with van der Waals surface area (Å²) in [6, 6.07) is 12.2. The lowest BCUT2D eigenvalue weighted by Crippen LogP contribution is -2.56. The number of amides is 3. The number of fused-ring (bicyclic) bond motifs is 1. The first kappa shape index (κ1) is 29.3. The Hall–Kier alpha value is -3.76. The Morgan fingerprint density at radius 2 is 1.95 bits per heavy atom. The predicted molar refractivity (Wildman–Crippen MR) is 172 cm³/mol. The van der Waals surface area contributed by atoms with Crippen LogP contribution in [0.5, 0.6) is 0 Å². The minimum absolute atomic E-state index is 0.108. The van der Waals surface area contributed by atoms with E-state index in [1.165, 1.54) is 0 Å². The largest absolute Gasteiger partial charge is 0.391 e. The van der Waals surface area contributed by atoms with Gasteiger partial charge in [0.25, 0.3) is 11.8 Å². The number of aliphatic hydroxyl groups excluding tert-OH is 1. The van der Waals surface area contributed by atoms with Crippen LogP contribution in [0.15, 0.2) is 53.0 Å². The highest BCUT2D eigenvalue weighted by atomic mass is 32.1. The fourth-order valence-electron chi connectivity index (χ4n) is 6.69. The Morgan fingerprint density at radius 3 is 2.60 bits per heavy atom. The normalized spacial score (nSPS) is 23.9. The number of aryl methyl sites for hydroxylation is 1. The van der Waals surface area contributed by atoms with E-state index in [9.17, 15) is 19.5 Å². The van der Waals surface area contributed by atoms with Crippen LogP contribution in [0.4, 0.5) is 0 Å². The van der Waals surface area contributed by atoms with E-state index in [2.05, 4.69) is 23.0 Å². The van der Waals surface area contributed by atoms with Crippen molar-refractivity contribution in [1.29, 1.82) is 0 Å². The van der Waals surface area contributed by atoms with E-state index >= 15 is 0 Å². The molecule has 9 nitrogen and oxygen atoms in total. The molecule has 1 saturated heterocycles. The third kappa shape index (κ3) is 4.90. The Morgan fingerprint density at radius 1 is 1.21 bits per heavy atom. The van der Waals surface area contributed by atoms with E-state index in [1.807, 2.05) is 68.7 Å². The average Bonchev–Trinajstić information content (AvgIpc) is 3.75. The van der Waals surface area contributed by atoms with Crippen molar-refractivity contribution < 1.29 is 19.5 Å². The minimum atomic E-state index is -1.11. The molecule has 0 spiro atoms. The molecule has 4 unspecified atom stereocenters. The summed E-state index contributed by atoms with van der Waals surface area (Å²) in [4.78, 5) is 54.3. The van der Waals surface area contributed by atoms with Crippen LogP contribution in [-0.4, -0.2) is 83.1 Å². The molecule has 4 heterocycles. The third-order valence-corrected chi connectivity index (χ3v) is 10.0. The van der Waals surface area contributed by atoms with E-state index in [4.69, 9.17) is 0 Å². The molecular weight excluding hydrogens is 560 g/mol. The van der Waals surface area contributed by atoms with E-state index < -0.39 is 23.7 Å². The highest BCUT2D eigenvalue weighted by Crippen LogP contribution is 2.34. The van der Waals surface area contributed by atoms with Gasteiger partial charge in [-0.05, 0) is 42.5 Å². The summed E-state index contributed by atoms with van der Waals surface area (Å²) < 4.78 is 0. The standard InChI is InChI=1S/C31H35B2N5O4S/c1-16(2)25(38-14-22-21(28(38)40)6-5-7-23(22)33-32)29(41)37-13-20(39)12-24(37)27-35-30(42)31(4,36-27)19-10-8-18(9-11-19)26-17(3)34-15-43-26/h5-11,15-16,20,24-25,33,39H,12-14,32H2,1-4H3,(H,35,36,42). The number of hydrogen-bond acceptors (Lipinski definition) is 7. The van der Waals surface area contributed by atoms with E-state index in [1.54, 1.807) is 28.1 Å². The van der Waals surface area contributed by atoms with Gasteiger partial charge >= 0.3 is 0 Å². The number of likely N-dealkylation sites (tertiary alicyclic amines) is 1. The number of nitrogens with one attached hydrogen (secondary N) is 1. The van der Waals surface area contributed by atoms with E-state index in [0.717, 1.165) is 39.9 Å². The number of amidine groups is 1. The summed E-state index contributed by atoms with van der Waals surface area (Å²) in [5.41, 5.74) is 6.18. The van der Waals surface area contributed by atoms with Gasteiger partial charge in [-0.1, -0.05) is 55.7 Å². The number of nitrogens with zero attached hydrogens (tertiary/aromatic N) is 4. The third-order valence-electron chi connectivity index (χ3n) is 9.07. The number of thiazole rings is 1. The second-order valence-corrected chi connectivity index (χ2v) is 13.1. The predicted octanol–water partition coefficient (Wildman–Crippen LogP) is 1.11. The molecule has 3 amide bonds. The number of benzene rings is 2. The molecule has 220 valence electrons. The van der Waals surface area contributed by atoms with Crippen molar-refractivity contribution >= 4 is 55.3 Å². The molecule has 3 aliphatic heterocycles. The van der Waals surface area contributed by atoms with Gasteiger partial charge in [-0.15, -0.1) is 11.3 Å². The molecule has 2 N–H and O–H groups in total. The molecule has 1 fully saturated rings. The lowest BCUT2D eigenvalue weighted by atomic mass is 9.50. The maximum atomic E-state index is 14.3. The quantitative estimate of drug-likeness (QED) is 0.396. The van der Waals surface area contributed by atoms with Crippen molar-refractivity contribution in [3.05, 3.63) is 70.4 Å².